The fraction of sp³-hybridized carbons (Fsp3) is 0.571. The summed E-state index contributed by atoms with van der Waals surface area (Å²) in [7, 11) is 0. The molecule has 3 rings (SSSR count). The molecule has 0 radical (unpaired) electrons. The lowest BCUT2D eigenvalue weighted by Crippen LogP contribution is -2.13. The van der Waals surface area contributed by atoms with Crippen molar-refractivity contribution in [2.24, 2.45) is 5.92 Å². The van der Waals surface area contributed by atoms with E-state index in [1.807, 2.05) is 12.1 Å². The van der Waals surface area contributed by atoms with Crippen molar-refractivity contribution in [3.63, 3.8) is 0 Å². The Labute approximate surface area is 112 Å². The van der Waals surface area contributed by atoms with Crippen LogP contribution in [-0.2, 0) is 6.42 Å². The summed E-state index contributed by atoms with van der Waals surface area (Å²) in [6.45, 7) is 0.760. The normalized spacial score (nSPS) is 20.6. The summed E-state index contributed by atoms with van der Waals surface area (Å²) >= 11 is 12.7. The van der Waals surface area contributed by atoms with Crippen molar-refractivity contribution in [3.8, 4) is 5.75 Å². The van der Waals surface area contributed by atoms with Crippen LogP contribution in [0.15, 0.2) is 12.1 Å². The Balaban J connectivity index is 1.85. The van der Waals surface area contributed by atoms with Crippen LogP contribution in [0.5, 0.6) is 5.75 Å². The van der Waals surface area contributed by atoms with Crippen molar-refractivity contribution < 1.29 is 4.74 Å². The van der Waals surface area contributed by atoms with Gasteiger partial charge in [0.1, 0.15) is 5.75 Å². The lowest BCUT2D eigenvalue weighted by Gasteiger charge is -2.27. The lowest BCUT2D eigenvalue weighted by atomic mass is 9.81. The zero-order valence-electron chi connectivity index (χ0n) is 9.72. The maximum atomic E-state index is 6.53. The van der Waals surface area contributed by atoms with E-state index < -0.39 is 0 Å². The topological polar surface area (TPSA) is 9.23 Å². The Hall–Kier alpha value is -0.400. The predicted octanol–water partition coefficient (Wildman–Crippen LogP) is 4.75. The third kappa shape index (κ3) is 2.28. The predicted molar refractivity (Wildman–Crippen MR) is 71.2 cm³/mol. The summed E-state index contributed by atoms with van der Waals surface area (Å²) in [6.07, 6.45) is 6.02. The van der Waals surface area contributed by atoms with Crippen molar-refractivity contribution in [2.45, 2.75) is 37.5 Å². The minimum Gasteiger partial charge on any atom is -0.493 e. The van der Waals surface area contributed by atoms with Gasteiger partial charge in [-0.05, 0) is 30.0 Å². The standard InChI is InChI=1S/C14H16Cl2O/c15-11-7-10-4-5-17-14(10)12(8-11)13(16)6-9-2-1-3-9/h7-9,13H,1-6H2. The van der Waals surface area contributed by atoms with Gasteiger partial charge in [0.2, 0.25) is 0 Å². The molecule has 1 atom stereocenters. The van der Waals surface area contributed by atoms with Gasteiger partial charge < -0.3 is 4.74 Å². The average molecular weight is 271 g/mol. The van der Waals surface area contributed by atoms with Crippen molar-refractivity contribution in [3.05, 3.63) is 28.3 Å². The fourth-order valence-electron chi connectivity index (χ4n) is 2.68. The highest BCUT2D eigenvalue weighted by Crippen LogP contribution is 2.43. The molecule has 0 aromatic heterocycles. The van der Waals surface area contributed by atoms with Gasteiger partial charge in [-0.15, -0.1) is 11.6 Å². The molecule has 1 aromatic carbocycles. The van der Waals surface area contributed by atoms with Gasteiger partial charge in [-0.1, -0.05) is 30.9 Å². The number of hydrogen-bond donors (Lipinski definition) is 0. The van der Waals surface area contributed by atoms with E-state index in [1.54, 1.807) is 0 Å². The van der Waals surface area contributed by atoms with Crippen LogP contribution in [0.3, 0.4) is 0 Å². The molecule has 0 N–H and O–H groups in total. The first-order chi connectivity index (χ1) is 8.24. The van der Waals surface area contributed by atoms with E-state index in [9.17, 15) is 0 Å². The highest BCUT2D eigenvalue weighted by Gasteiger charge is 2.26. The molecule has 1 nitrogen and oxygen atoms in total. The first-order valence-electron chi connectivity index (χ1n) is 6.33. The maximum Gasteiger partial charge on any atom is 0.127 e. The largest absolute Gasteiger partial charge is 0.493 e. The molecule has 17 heavy (non-hydrogen) atoms. The van der Waals surface area contributed by atoms with Crippen LogP contribution < -0.4 is 4.74 Å². The molecular weight excluding hydrogens is 255 g/mol. The first kappa shape index (κ1) is 11.7. The van der Waals surface area contributed by atoms with Gasteiger partial charge in [-0.2, -0.15) is 0 Å². The minimum absolute atomic E-state index is 0.0471. The van der Waals surface area contributed by atoms with Gasteiger partial charge in [0.15, 0.2) is 0 Å². The summed E-state index contributed by atoms with van der Waals surface area (Å²) in [6, 6.07) is 3.97. The van der Waals surface area contributed by atoms with Crippen molar-refractivity contribution in [1.29, 1.82) is 0 Å². The Morgan fingerprint density at radius 1 is 1.35 bits per heavy atom. The van der Waals surface area contributed by atoms with E-state index in [1.165, 1.54) is 24.8 Å². The second kappa shape index (κ2) is 4.70. The Morgan fingerprint density at radius 2 is 2.18 bits per heavy atom. The maximum absolute atomic E-state index is 6.53. The molecule has 1 fully saturated rings. The molecule has 92 valence electrons. The quantitative estimate of drug-likeness (QED) is 0.721. The van der Waals surface area contributed by atoms with Crippen LogP contribution in [-0.4, -0.2) is 6.61 Å². The molecule has 1 aromatic rings. The number of ether oxygens (including phenoxy) is 1. The smallest absolute Gasteiger partial charge is 0.127 e. The van der Waals surface area contributed by atoms with Crippen LogP contribution >= 0.6 is 23.2 Å². The molecule has 0 spiro atoms. The van der Waals surface area contributed by atoms with Crippen LogP contribution in [0.2, 0.25) is 5.02 Å². The molecule has 0 bridgehead atoms. The number of alkyl halides is 1. The zero-order valence-corrected chi connectivity index (χ0v) is 11.2. The Bertz CT molecular complexity index is 426. The van der Waals surface area contributed by atoms with Crippen molar-refractivity contribution in [1.82, 2.24) is 0 Å². The number of hydrogen-bond acceptors (Lipinski definition) is 1. The summed E-state index contributed by atoms with van der Waals surface area (Å²) in [5, 5.41) is 0.828. The average Bonchev–Trinajstić information content (AvgIpc) is 2.69. The molecule has 1 saturated carbocycles. The lowest BCUT2D eigenvalue weighted by molar-refractivity contribution is 0.290. The summed E-state index contributed by atoms with van der Waals surface area (Å²) in [4.78, 5) is 0. The molecule has 1 aliphatic carbocycles. The summed E-state index contributed by atoms with van der Waals surface area (Å²) in [5.41, 5.74) is 2.31. The second-order valence-corrected chi connectivity index (χ2v) is 6.05. The van der Waals surface area contributed by atoms with Gasteiger partial charge in [-0.3, -0.25) is 0 Å². The van der Waals surface area contributed by atoms with Crippen LogP contribution in [0.25, 0.3) is 0 Å². The SMILES string of the molecule is Clc1cc2c(c(C(Cl)CC3CCC3)c1)OCC2. The summed E-state index contributed by atoms with van der Waals surface area (Å²) in [5.74, 6) is 1.79. The zero-order chi connectivity index (χ0) is 11.8. The molecule has 1 unspecified atom stereocenters. The second-order valence-electron chi connectivity index (χ2n) is 5.08. The van der Waals surface area contributed by atoms with Gasteiger partial charge in [0, 0.05) is 17.0 Å². The van der Waals surface area contributed by atoms with Gasteiger partial charge in [0.25, 0.3) is 0 Å². The van der Waals surface area contributed by atoms with Crippen molar-refractivity contribution >= 4 is 23.2 Å². The molecule has 3 heteroatoms. The van der Waals surface area contributed by atoms with E-state index >= 15 is 0 Å². The molecule has 1 heterocycles. The first-order valence-corrected chi connectivity index (χ1v) is 7.14. The molecule has 1 aliphatic heterocycles. The van der Waals surface area contributed by atoms with Crippen LogP contribution in [0.4, 0.5) is 0 Å². The Morgan fingerprint density at radius 3 is 2.88 bits per heavy atom. The molecular formula is C14H16Cl2O. The van der Waals surface area contributed by atoms with Gasteiger partial charge in [0.05, 0.1) is 12.0 Å². The number of rotatable bonds is 3. The van der Waals surface area contributed by atoms with E-state index in [2.05, 4.69) is 0 Å². The van der Waals surface area contributed by atoms with E-state index in [-0.39, 0.29) is 5.38 Å². The van der Waals surface area contributed by atoms with Gasteiger partial charge in [-0.25, -0.2) is 0 Å². The minimum atomic E-state index is 0.0471. The molecule has 2 aliphatic rings. The number of fused-ring (bicyclic) bond motifs is 1. The third-order valence-electron chi connectivity index (χ3n) is 3.88. The fourth-order valence-corrected chi connectivity index (χ4v) is 3.34. The highest BCUT2D eigenvalue weighted by atomic mass is 35.5. The van der Waals surface area contributed by atoms with Crippen LogP contribution in [0, 0.1) is 5.92 Å². The van der Waals surface area contributed by atoms with Crippen LogP contribution in [0.1, 0.15) is 42.2 Å². The molecule has 0 amide bonds. The summed E-state index contributed by atoms with van der Waals surface area (Å²) < 4.78 is 5.70. The Kier molecular flexibility index (Phi) is 3.23. The van der Waals surface area contributed by atoms with Gasteiger partial charge >= 0.3 is 0 Å². The van der Waals surface area contributed by atoms with E-state index in [0.29, 0.717) is 0 Å². The third-order valence-corrected chi connectivity index (χ3v) is 4.51. The number of benzene rings is 1. The van der Waals surface area contributed by atoms with Crippen molar-refractivity contribution in [2.75, 3.05) is 6.61 Å². The monoisotopic (exact) mass is 270 g/mol. The number of halogens is 2. The van der Waals surface area contributed by atoms with E-state index in [0.717, 1.165) is 41.7 Å². The van der Waals surface area contributed by atoms with E-state index in [4.69, 9.17) is 27.9 Å². The highest BCUT2D eigenvalue weighted by molar-refractivity contribution is 6.31. The molecule has 0 saturated heterocycles.